The molecule has 1 aliphatic carbocycles. The van der Waals surface area contributed by atoms with Crippen molar-refractivity contribution in [3.05, 3.63) is 70.3 Å². The number of methoxy groups -OCH3 is 2. The molecule has 0 aromatic heterocycles. The lowest BCUT2D eigenvalue weighted by atomic mass is 9.63. The van der Waals surface area contributed by atoms with Gasteiger partial charge in [-0.05, 0) is 91.8 Å². The average Bonchev–Trinajstić information content (AvgIpc) is 3.29. The minimum absolute atomic E-state index is 0.101. The van der Waals surface area contributed by atoms with Gasteiger partial charge in [0, 0.05) is 70.6 Å². The van der Waals surface area contributed by atoms with E-state index in [1.165, 1.54) is 11.1 Å². The standard InChI is InChI=1S/C38H52ClN3O5S.C2H6O/c1-5-7-28-20-32(39)11-12-33(28)31-23-42-22-30-9-13-34(30)38(45-4,25-41-16-18-46-19-17-41)15-6-8-26(2)27(3)48(44)40-37(43)29-10-14-36(47-24-31)35(42)21-29;1-3-2/h6,10-12,14-15,20-21,26-27,30-31,34H,5,7-9,13,16-19,22-25H2,1-4H3,(H,40,43);1-2H3/b15-6+;. The lowest BCUT2D eigenvalue weighted by Gasteiger charge is -2.51. The van der Waals surface area contributed by atoms with Gasteiger partial charge in [0.15, 0.2) is 0 Å². The van der Waals surface area contributed by atoms with Crippen LogP contribution < -0.4 is 14.4 Å². The number of nitrogens with zero attached hydrogens (tertiary/aromatic N) is 2. The van der Waals surface area contributed by atoms with E-state index in [0.29, 0.717) is 24.0 Å². The normalized spacial score (nSPS) is 30.7. The Balaban J connectivity index is 0.00000162. The van der Waals surface area contributed by atoms with Gasteiger partial charge in [0.05, 0.1) is 30.8 Å². The largest absolute Gasteiger partial charge is 0.491 e. The van der Waals surface area contributed by atoms with E-state index in [1.54, 1.807) is 20.3 Å². The molecule has 2 fully saturated rings. The minimum atomic E-state index is -1.54. The van der Waals surface area contributed by atoms with E-state index in [0.717, 1.165) is 94.5 Å². The summed E-state index contributed by atoms with van der Waals surface area (Å²) in [5.74, 6) is 1.37. The highest BCUT2D eigenvalue weighted by Gasteiger charge is 2.48. The third-order valence-corrected chi connectivity index (χ3v) is 13.0. The molecule has 3 aliphatic heterocycles. The fourth-order valence-electron chi connectivity index (χ4n) is 7.98. The van der Waals surface area contributed by atoms with Gasteiger partial charge in [-0.25, -0.2) is 4.21 Å². The number of nitrogens with one attached hydrogen (secondary N) is 1. The Morgan fingerprint density at radius 2 is 1.82 bits per heavy atom. The number of morpholine rings is 1. The monoisotopic (exact) mass is 743 g/mol. The van der Waals surface area contributed by atoms with Crippen LogP contribution in [0.4, 0.5) is 5.69 Å². The summed E-state index contributed by atoms with van der Waals surface area (Å²) in [7, 11) is 3.57. The summed E-state index contributed by atoms with van der Waals surface area (Å²) in [6.07, 6.45) is 9.47. The van der Waals surface area contributed by atoms with Crippen molar-refractivity contribution < 1.29 is 28.0 Å². The number of anilines is 1. The zero-order valence-corrected chi connectivity index (χ0v) is 32.9. The van der Waals surface area contributed by atoms with Crippen LogP contribution in [0.1, 0.15) is 73.9 Å². The van der Waals surface area contributed by atoms with Gasteiger partial charge in [-0.1, -0.05) is 50.1 Å². The van der Waals surface area contributed by atoms with E-state index in [9.17, 15) is 9.00 Å². The van der Waals surface area contributed by atoms with Gasteiger partial charge in [-0.15, -0.1) is 0 Å². The van der Waals surface area contributed by atoms with Gasteiger partial charge < -0.3 is 23.8 Å². The summed E-state index contributed by atoms with van der Waals surface area (Å²) in [5.41, 5.74) is 3.48. The maximum absolute atomic E-state index is 13.5. The number of halogens is 1. The Kier molecular flexibility index (Phi) is 14.4. The first-order valence-electron chi connectivity index (χ1n) is 18.6. The lowest BCUT2D eigenvalue weighted by Crippen LogP contribution is -2.57. The van der Waals surface area contributed by atoms with Crippen LogP contribution in [0.2, 0.25) is 5.02 Å². The van der Waals surface area contributed by atoms with Gasteiger partial charge in [-0.3, -0.25) is 14.4 Å². The number of hydrogen-bond acceptors (Lipinski definition) is 8. The number of hydrogen-bond donors (Lipinski definition) is 1. The molecule has 1 N–H and O–H groups in total. The first-order valence-corrected chi connectivity index (χ1v) is 20.2. The predicted molar refractivity (Wildman–Crippen MR) is 206 cm³/mol. The lowest BCUT2D eigenvalue weighted by molar-refractivity contribution is -0.101. The van der Waals surface area contributed by atoms with E-state index < -0.39 is 16.6 Å². The molecule has 0 spiro atoms. The summed E-state index contributed by atoms with van der Waals surface area (Å²) in [5, 5.41) is 0.528. The number of aryl methyl sites for hydroxylation is 1. The number of allylic oxidation sites excluding steroid dienone is 1. The maximum atomic E-state index is 13.5. The van der Waals surface area contributed by atoms with Crippen LogP contribution in [0, 0.1) is 17.8 Å². The molecule has 7 unspecified atom stereocenters. The van der Waals surface area contributed by atoms with Crippen LogP contribution >= 0.6 is 11.6 Å². The molecular weight excluding hydrogens is 686 g/mol. The molecule has 9 nitrogen and oxygen atoms in total. The van der Waals surface area contributed by atoms with E-state index in [-0.39, 0.29) is 23.0 Å². The molecule has 0 radical (unpaired) electrons. The van der Waals surface area contributed by atoms with Gasteiger partial charge >= 0.3 is 0 Å². The van der Waals surface area contributed by atoms with Crippen molar-refractivity contribution in [3.8, 4) is 5.75 Å². The SMILES string of the molecule is CCCc1cc(Cl)ccc1C1COc2ccc3cc2N(C1)CC1CCC1C(CN1CCOCC1)(OC)/C=C/CC(C)C(C)S(=O)NC3=O.COC. The van der Waals surface area contributed by atoms with Gasteiger partial charge in [0.25, 0.3) is 5.91 Å². The quantitative estimate of drug-likeness (QED) is 0.329. The second-order valence-corrected chi connectivity index (χ2v) is 16.6. The van der Waals surface area contributed by atoms with Crippen molar-refractivity contribution in [2.75, 3.05) is 78.8 Å². The summed E-state index contributed by atoms with van der Waals surface area (Å²) in [6, 6.07) is 11.9. The number of amides is 1. The van der Waals surface area contributed by atoms with Crippen LogP contribution in [0.25, 0.3) is 0 Å². The fraction of sp³-hybridized carbons (Fsp3) is 0.625. The van der Waals surface area contributed by atoms with Crippen molar-refractivity contribution in [1.82, 2.24) is 9.62 Å². The van der Waals surface area contributed by atoms with E-state index in [1.807, 2.05) is 32.2 Å². The number of carbonyl (C=O) groups excluding carboxylic acids is 1. The van der Waals surface area contributed by atoms with Crippen molar-refractivity contribution in [1.29, 1.82) is 0 Å². The zero-order valence-electron chi connectivity index (χ0n) is 31.3. The zero-order chi connectivity index (χ0) is 36.5. The molecular formula is C40H58ClN3O6S. The van der Waals surface area contributed by atoms with E-state index in [2.05, 4.69) is 57.4 Å². The molecule has 2 aromatic carbocycles. The van der Waals surface area contributed by atoms with Gasteiger partial charge in [0.2, 0.25) is 0 Å². The molecule has 3 heterocycles. The molecule has 7 atom stereocenters. The summed E-state index contributed by atoms with van der Waals surface area (Å²) < 4.78 is 39.3. The van der Waals surface area contributed by atoms with Crippen molar-refractivity contribution in [2.45, 2.75) is 69.6 Å². The van der Waals surface area contributed by atoms with Crippen LogP contribution in [0.15, 0.2) is 48.6 Å². The van der Waals surface area contributed by atoms with Crippen LogP contribution in [0.5, 0.6) is 5.75 Å². The molecule has 6 rings (SSSR count). The molecule has 282 valence electrons. The van der Waals surface area contributed by atoms with Gasteiger partial charge in [-0.2, -0.15) is 0 Å². The molecule has 1 saturated heterocycles. The highest BCUT2D eigenvalue weighted by molar-refractivity contribution is 7.84. The number of fused-ring (bicyclic) bond motifs is 2. The smallest absolute Gasteiger partial charge is 0.263 e. The van der Waals surface area contributed by atoms with E-state index >= 15 is 0 Å². The van der Waals surface area contributed by atoms with Crippen molar-refractivity contribution in [3.63, 3.8) is 0 Å². The highest BCUT2D eigenvalue weighted by atomic mass is 35.5. The number of rotatable bonds is 6. The first kappa shape index (κ1) is 39.7. The summed E-state index contributed by atoms with van der Waals surface area (Å²) in [6.45, 7) is 12.4. The van der Waals surface area contributed by atoms with Crippen LogP contribution in [-0.2, 0) is 31.6 Å². The summed E-state index contributed by atoms with van der Waals surface area (Å²) >= 11 is 6.47. The number of benzene rings is 2. The minimum Gasteiger partial charge on any atom is -0.491 e. The summed E-state index contributed by atoms with van der Waals surface area (Å²) in [4.78, 5) is 18.4. The Labute approximate surface area is 312 Å². The van der Waals surface area contributed by atoms with Crippen molar-refractivity contribution >= 4 is 34.2 Å². The topological polar surface area (TPSA) is 89.6 Å². The molecule has 2 aromatic rings. The molecule has 1 saturated carbocycles. The first-order chi connectivity index (χ1) is 24.6. The fourth-order valence-corrected chi connectivity index (χ4v) is 9.20. The van der Waals surface area contributed by atoms with Crippen LogP contribution in [0.3, 0.4) is 0 Å². The third kappa shape index (κ3) is 9.56. The maximum Gasteiger partial charge on any atom is 0.263 e. The molecule has 11 heteroatoms. The molecule has 2 bridgehead atoms. The second-order valence-electron chi connectivity index (χ2n) is 14.6. The average molecular weight is 744 g/mol. The highest BCUT2D eigenvalue weighted by Crippen LogP contribution is 2.47. The molecule has 1 amide bonds. The molecule has 51 heavy (non-hydrogen) atoms. The Hall–Kier alpha value is -2.47. The number of ether oxygens (including phenoxy) is 4. The molecule has 4 aliphatic rings. The second kappa shape index (κ2) is 18.5. The van der Waals surface area contributed by atoms with Crippen LogP contribution in [-0.4, -0.2) is 99.7 Å². The Morgan fingerprint density at radius 3 is 2.51 bits per heavy atom. The van der Waals surface area contributed by atoms with Crippen molar-refractivity contribution in [2.24, 2.45) is 17.8 Å². The van der Waals surface area contributed by atoms with E-state index in [4.69, 9.17) is 25.8 Å². The van der Waals surface area contributed by atoms with Gasteiger partial charge in [0.1, 0.15) is 22.3 Å². The Morgan fingerprint density at radius 1 is 1.06 bits per heavy atom. The number of carbonyl (C=O) groups is 1. The predicted octanol–water partition coefficient (Wildman–Crippen LogP) is 6.66. The third-order valence-electron chi connectivity index (χ3n) is 11.2. The Bertz CT molecular complexity index is 1520.